The molecule has 0 spiro atoms. The van der Waals surface area contributed by atoms with Gasteiger partial charge in [-0.1, -0.05) is 6.08 Å². The predicted octanol–water partition coefficient (Wildman–Crippen LogP) is 1.57. The number of hydrogen-bond donors (Lipinski definition) is 1. The average Bonchev–Trinajstić information content (AvgIpc) is 2.54. The minimum Gasteiger partial charge on any atom is -0.312 e. The minimum absolute atomic E-state index is 0.349. The van der Waals surface area contributed by atoms with Crippen molar-refractivity contribution in [3.63, 3.8) is 0 Å². The van der Waals surface area contributed by atoms with Gasteiger partial charge in [0.15, 0.2) is 0 Å². The van der Waals surface area contributed by atoms with Crippen molar-refractivity contribution < 1.29 is 0 Å². The van der Waals surface area contributed by atoms with E-state index in [2.05, 4.69) is 20.8 Å². The molecule has 0 fully saturated rings. The Balaban J connectivity index is 2.23. The van der Waals surface area contributed by atoms with Gasteiger partial charge in [-0.15, -0.1) is 0 Å². The molecule has 0 saturated heterocycles. The van der Waals surface area contributed by atoms with Gasteiger partial charge in [-0.25, -0.2) is 4.98 Å². The Morgan fingerprint density at radius 1 is 1.58 bits per heavy atom. The van der Waals surface area contributed by atoms with E-state index in [1.165, 1.54) is 17.1 Å². The molecule has 3 nitrogen and oxygen atoms in total. The van der Waals surface area contributed by atoms with Gasteiger partial charge in [-0.2, -0.15) is 4.37 Å². The lowest BCUT2D eigenvalue weighted by molar-refractivity contribution is 0.738. The Bertz CT molecular complexity index is 307. The van der Waals surface area contributed by atoms with Gasteiger partial charge in [-0.3, -0.25) is 0 Å². The summed E-state index contributed by atoms with van der Waals surface area (Å²) >= 11 is 6.97. The molecule has 12 heavy (non-hydrogen) atoms. The van der Waals surface area contributed by atoms with Gasteiger partial charge in [-0.05, 0) is 41.7 Å². The Kier molecular flexibility index (Phi) is 2.39. The number of hydrogen-bond acceptors (Lipinski definition) is 4. The molecule has 0 amide bonds. The molecule has 0 unspecified atom stereocenters. The minimum atomic E-state index is 0.349. The van der Waals surface area contributed by atoms with Gasteiger partial charge in [0.25, 0.3) is 0 Å². The summed E-state index contributed by atoms with van der Waals surface area (Å²) in [6, 6.07) is 0. The molecule has 64 valence electrons. The van der Waals surface area contributed by atoms with Crippen LogP contribution in [0.1, 0.15) is 11.4 Å². The Hall–Kier alpha value is -0.450. The van der Waals surface area contributed by atoms with Gasteiger partial charge in [0.05, 0.1) is 0 Å². The average molecular weight is 202 g/mol. The van der Waals surface area contributed by atoms with Gasteiger partial charge >= 0.3 is 0 Å². The first-order chi connectivity index (χ1) is 5.86. The lowest BCUT2D eigenvalue weighted by Gasteiger charge is -2.10. The van der Waals surface area contributed by atoms with Gasteiger partial charge in [0.1, 0.15) is 5.01 Å². The van der Waals surface area contributed by atoms with Crippen molar-refractivity contribution in [2.75, 3.05) is 13.1 Å². The fourth-order valence-electron chi connectivity index (χ4n) is 1.14. The largest absolute Gasteiger partial charge is 0.312 e. The summed E-state index contributed by atoms with van der Waals surface area (Å²) in [5, 5.41) is 4.56. The van der Waals surface area contributed by atoms with E-state index in [0.717, 1.165) is 24.5 Å². The molecule has 0 radical (unpaired) electrons. The van der Waals surface area contributed by atoms with E-state index in [1.807, 2.05) is 0 Å². The Morgan fingerprint density at radius 3 is 3.08 bits per heavy atom. The zero-order valence-corrected chi connectivity index (χ0v) is 7.95. The van der Waals surface area contributed by atoms with Crippen molar-refractivity contribution in [3.8, 4) is 0 Å². The zero-order chi connectivity index (χ0) is 8.39. The summed E-state index contributed by atoms with van der Waals surface area (Å²) in [5.74, 6) is 0. The summed E-state index contributed by atoms with van der Waals surface area (Å²) < 4.78 is 3.92. The molecule has 0 bridgehead atoms. The van der Waals surface area contributed by atoms with Crippen molar-refractivity contribution in [1.29, 1.82) is 0 Å². The number of halogens is 1. The second kappa shape index (κ2) is 3.51. The van der Waals surface area contributed by atoms with Gasteiger partial charge in [0.2, 0.25) is 5.28 Å². The summed E-state index contributed by atoms with van der Waals surface area (Å²) in [6.45, 7) is 1.93. The molecule has 1 aromatic rings. The van der Waals surface area contributed by atoms with Crippen LogP contribution < -0.4 is 5.32 Å². The molecular weight excluding hydrogens is 194 g/mol. The molecule has 2 heterocycles. The van der Waals surface area contributed by atoms with E-state index in [9.17, 15) is 0 Å². The van der Waals surface area contributed by atoms with Crippen LogP contribution >= 0.6 is 23.1 Å². The summed E-state index contributed by atoms with van der Waals surface area (Å²) in [7, 11) is 0. The van der Waals surface area contributed by atoms with Gasteiger partial charge < -0.3 is 5.32 Å². The van der Waals surface area contributed by atoms with Crippen LogP contribution in [-0.2, 0) is 0 Å². The third-order valence-electron chi connectivity index (χ3n) is 1.70. The third kappa shape index (κ3) is 1.65. The van der Waals surface area contributed by atoms with Crippen LogP contribution in [0.15, 0.2) is 6.08 Å². The highest BCUT2D eigenvalue weighted by molar-refractivity contribution is 7.06. The van der Waals surface area contributed by atoms with Crippen LogP contribution in [0.25, 0.3) is 5.57 Å². The van der Waals surface area contributed by atoms with Crippen LogP contribution in [0, 0.1) is 0 Å². The predicted molar refractivity (Wildman–Crippen MR) is 50.4 cm³/mol. The van der Waals surface area contributed by atoms with Crippen LogP contribution in [0.4, 0.5) is 0 Å². The smallest absolute Gasteiger partial charge is 0.234 e. The highest BCUT2D eigenvalue weighted by Gasteiger charge is 2.09. The fraction of sp³-hybridized carbons (Fsp3) is 0.429. The number of rotatable bonds is 1. The quantitative estimate of drug-likeness (QED) is 0.750. The number of nitrogens with one attached hydrogen (secondary N) is 1. The molecular formula is C7H8ClN3S. The molecule has 0 saturated carbocycles. The van der Waals surface area contributed by atoms with E-state index >= 15 is 0 Å². The van der Waals surface area contributed by atoms with Crippen LogP contribution in [0.5, 0.6) is 0 Å². The lowest BCUT2D eigenvalue weighted by Crippen LogP contribution is -2.21. The van der Waals surface area contributed by atoms with Crippen LogP contribution in [0.2, 0.25) is 5.28 Å². The maximum atomic E-state index is 5.62. The lowest BCUT2D eigenvalue weighted by atomic mass is 10.2. The van der Waals surface area contributed by atoms with Crippen molar-refractivity contribution >= 4 is 28.7 Å². The molecule has 5 heteroatoms. The molecule has 1 N–H and O–H groups in total. The molecule has 2 rings (SSSR count). The maximum Gasteiger partial charge on any atom is 0.234 e. The first-order valence-electron chi connectivity index (χ1n) is 3.75. The first-order valence-corrected chi connectivity index (χ1v) is 4.91. The topological polar surface area (TPSA) is 37.8 Å². The summed E-state index contributed by atoms with van der Waals surface area (Å²) in [6.07, 6.45) is 3.25. The molecule has 0 aromatic carbocycles. The first kappa shape index (κ1) is 8.16. The third-order valence-corrected chi connectivity index (χ3v) is 2.76. The summed E-state index contributed by atoms with van der Waals surface area (Å²) in [4.78, 5) is 4.10. The Morgan fingerprint density at radius 2 is 2.50 bits per heavy atom. The number of aromatic nitrogens is 2. The molecule has 0 atom stereocenters. The normalized spacial score (nSPS) is 17.6. The molecule has 1 aromatic heterocycles. The molecule has 1 aliphatic rings. The second-order valence-corrected chi connectivity index (χ2v) is 3.65. The van der Waals surface area contributed by atoms with E-state index in [4.69, 9.17) is 11.6 Å². The second-order valence-electron chi connectivity index (χ2n) is 2.56. The highest BCUT2D eigenvalue weighted by Crippen LogP contribution is 2.20. The van der Waals surface area contributed by atoms with Crippen molar-refractivity contribution in [2.24, 2.45) is 0 Å². The number of nitrogens with zero attached hydrogens (tertiary/aromatic N) is 2. The van der Waals surface area contributed by atoms with Gasteiger partial charge in [0, 0.05) is 6.54 Å². The zero-order valence-electron chi connectivity index (χ0n) is 6.38. The van der Waals surface area contributed by atoms with Crippen molar-refractivity contribution in [2.45, 2.75) is 6.42 Å². The Labute approximate surface area is 79.6 Å². The van der Waals surface area contributed by atoms with Crippen LogP contribution in [0.3, 0.4) is 0 Å². The van der Waals surface area contributed by atoms with Crippen molar-refractivity contribution in [1.82, 2.24) is 14.7 Å². The molecule has 0 aliphatic carbocycles. The maximum absolute atomic E-state index is 5.62. The SMILES string of the molecule is Clc1nsc(C2=CCCNC2)n1. The van der Waals surface area contributed by atoms with E-state index in [-0.39, 0.29) is 0 Å². The monoisotopic (exact) mass is 201 g/mol. The summed E-state index contributed by atoms with van der Waals surface area (Å²) in [5.41, 5.74) is 1.21. The highest BCUT2D eigenvalue weighted by atomic mass is 35.5. The van der Waals surface area contributed by atoms with E-state index in [0.29, 0.717) is 5.28 Å². The van der Waals surface area contributed by atoms with Crippen LogP contribution in [-0.4, -0.2) is 22.4 Å². The van der Waals surface area contributed by atoms with Crippen molar-refractivity contribution in [3.05, 3.63) is 16.4 Å². The van der Waals surface area contributed by atoms with E-state index in [1.54, 1.807) is 0 Å². The standard InChI is InChI=1S/C7H8ClN3S/c8-7-10-6(12-11-7)5-2-1-3-9-4-5/h2,9H,1,3-4H2. The molecule has 1 aliphatic heterocycles. The van der Waals surface area contributed by atoms with E-state index < -0.39 is 0 Å². The fourth-order valence-corrected chi connectivity index (χ4v) is 1.98.